The maximum Gasteiger partial charge on any atom is 0.274 e. The molecule has 0 aliphatic rings. The van der Waals surface area contributed by atoms with Gasteiger partial charge in [0.15, 0.2) is 0 Å². The Balaban J connectivity index is 1.82. The van der Waals surface area contributed by atoms with Crippen LogP contribution in [0.3, 0.4) is 0 Å². The molecule has 1 amide bonds. The second-order valence-electron chi connectivity index (χ2n) is 6.96. The summed E-state index contributed by atoms with van der Waals surface area (Å²) in [5.41, 5.74) is 2.15. The molecule has 0 aliphatic heterocycles. The fourth-order valence-electron chi connectivity index (χ4n) is 3.08. The summed E-state index contributed by atoms with van der Waals surface area (Å²) in [6.45, 7) is 1.72. The van der Waals surface area contributed by atoms with Crippen molar-refractivity contribution in [3.8, 4) is 0 Å². The minimum absolute atomic E-state index is 0.0853. The number of nitrogens with one attached hydrogen (secondary N) is 1. The third-order valence-corrected chi connectivity index (χ3v) is 5.88. The van der Waals surface area contributed by atoms with E-state index in [9.17, 15) is 23.3 Å². The zero-order chi connectivity index (χ0) is 22.6. The molecule has 0 radical (unpaired) electrons. The quantitative estimate of drug-likeness (QED) is 0.440. The van der Waals surface area contributed by atoms with Crippen LogP contribution in [0.5, 0.6) is 0 Å². The molecule has 0 aromatic heterocycles. The lowest BCUT2D eigenvalue weighted by Gasteiger charge is -2.22. The molecule has 3 rings (SSSR count). The summed E-state index contributed by atoms with van der Waals surface area (Å²) in [6.07, 6.45) is 1.13. The molecule has 0 atom stereocenters. The first-order chi connectivity index (χ1) is 14.7. The molecule has 0 spiro atoms. The van der Waals surface area contributed by atoms with Crippen LogP contribution in [0.2, 0.25) is 0 Å². The van der Waals surface area contributed by atoms with Crippen molar-refractivity contribution in [2.45, 2.75) is 13.5 Å². The summed E-state index contributed by atoms with van der Waals surface area (Å²) < 4.78 is 25.9. The number of anilines is 2. The molecular weight excluding hydrogens is 418 g/mol. The van der Waals surface area contributed by atoms with Crippen LogP contribution in [0.15, 0.2) is 72.8 Å². The van der Waals surface area contributed by atoms with Gasteiger partial charge in [0.2, 0.25) is 10.0 Å². The Kier molecular flexibility index (Phi) is 6.36. The lowest BCUT2D eigenvalue weighted by atomic mass is 10.1. The highest BCUT2D eigenvalue weighted by Crippen LogP contribution is 2.26. The number of nitrogens with zero attached hydrogens (tertiary/aromatic N) is 2. The third kappa shape index (κ3) is 5.26. The Morgan fingerprint density at radius 1 is 1.00 bits per heavy atom. The second-order valence-corrected chi connectivity index (χ2v) is 8.87. The van der Waals surface area contributed by atoms with Gasteiger partial charge in [-0.2, -0.15) is 0 Å². The molecule has 0 fully saturated rings. The lowest BCUT2D eigenvalue weighted by molar-refractivity contribution is -0.385. The standard InChI is InChI=1S/C22H21N3O5S/c1-16-20(9-6-10-21(16)25(27)28)23-22(26)18-11-13-19(14-12-18)24(31(2,29)30)15-17-7-4-3-5-8-17/h3-14H,15H2,1-2H3,(H,23,26). The first-order valence-corrected chi connectivity index (χ1v) is 11.2. The van der Waals surface area contributed by atoms with E-state index in [1.807, 2.05) is 30.3 Å². The number of nitro benzene ring substituents is 1. The van der Waals surface area contributed by atoms with Crippen LogP contribution in [0.25, 0.3) is 0 Å². The Morgan fingerprint density at radius 3 is 2.23 bits per heavy atom. The summed E-state index contributed by atoms with van der Waals surface area (Å²) in [7, 11) is -3.55. The topological polar surface area (TPSA) is 110 Å². The molecule has 0 heterocycles. The van der Waals surface area contributed by atoms with Crippen molar-refractivity contribution >= 4 is 33.0 Å². The highest BCUT2D eigenvalue weighted by molar-refractivity contribution is 7.92. The molecule has 0 saturated heterocycles. The van der Waals surface area contributed by atoms with Crippen molar-refractivity contribution in [1.29, 1.82) is 0 Å². The zero-order valence-corrected chi connectivity index (χ0v) is 17.8. The van der Waals surface area contributed by atoms with Gasteiger partial charge in [-0.3, -0.25) is 19.2 Å². The minimum atomic E-state index is -3.55. The number of amides is 1. The van der Waals surface area contributed by atoms with Crippen LogP contribution in [0.1, 0.15) is 21.5 Å². The number of hydrogen-bond donors (Lipinski definition) is 1. The van der Waals surface area contributed by atoms with Gasteiger partial charge in [-0.1, -0.05) is 36.4 Å². The smallest absolute Gasteiger partial charge is 0.274 e. The van der Waals surface area contributed by atoms with Gasteiger partial charge < -0.3 is 5.32 Å². The lowest BCUT2D eigenvalue weighted by Crippen LogP contribution is -2.29. The molecule has 9 heteroatoms. The van der Waals surface area contributed by atoms with E-state index in [0.717, 1.165) is 11.8 Å². The Hall–Kier alpha value is -3.72. The maximum absolute atomic E-state index is 12.6. The number of nitro groups is 1. The third-order valence-electron chi connectivity index (χ3n) is 4.74. The average molecular weight is 439 g/mol. The molecule has 0 saturated carbocycles. The molecule has 31 heavy (non-hydrogen) atoms. The summed E-state index contributed by atoms with van der Waals surface area (Å²) in [4.78, 5) is 23.2. The van der Waals surface area contributed by atoms with E-state index < -0.39 is 20.9 Å². The van der Waals surface area contributed by atoms with Crippen molar-refractivity contribution in [2.24, 2.45) is 0 Å². The van der Waals surface area contributed by atoms with Crippen molar-refractivity contribution in [3.05, 3.63) is 99.6 Å². The fourth-order valence-corrected chi connectivity index (χ4v) is 3.97. The first kappa shape index (κ1) is 22.0. The van der Waals surface area contributed by atoms with E-state index in [1.165, 1.54) is 28.6 Å². The molecule has 8 nitrogen and oxygen atoms in total. The Labute approximate surface area is 180 Å². The van der Waals surface area contributed by atoms with E-state index >= 15 is 0 Å². The van der Waals surface area contributed by atoms with Gasteiger partial charge in [0.1, 0.15) is 0 Å². The molecule has 160 valence electrons. The normalized spacial score (nSPS) is 11.0. The van der Waals surface area contributed by atoms with Gasteiger partial charge in [0.05, 0.1) is 34.7 Å². The predicted octanol–water partition coefficient (Wildman–Crippen LogP) is 4.12. The molecular formula is C22H21N3O5S. The SMILES string of the molecule is Cc1c(NC(=O)c2ccc(N(Cc3ccccc3)S(C)(=O)=O)cc2)cccc1[N+](=O)[O-]. The number of benzene rings is 3. The van der Waals surface area contributed by atoms with Gasteiger partial charge in [-0.05, 0) is 42.8 Å². The summed E-state index contributed by atoms with van der Waals surface area (Å²) in [5, 5.41) is 13.7. The van der Waals surface area contributed by atoms with Gasteiger partial charge in [0, 0.05) is 11.6 Å². The number of sulfonamides is 1. The molecule has 1 N–H and O–H groups in total. The summed E-state index contributed by atoms with van der Waals surface area (Å²) >= 11 is 0. The summed E-state index contributed by atoms with van der Waals surface area (Å²) in [6, 6.07) is 19.8. The van der Waals surface area contributed by atoms with E-state index in [-0.39, 0.29) is 12.2 Å². The van der Waals surface area contributed by atoms with Gasteiger partial charge in [0.25, 0.3) is 11.6 Å². The molecule has 0 bridgehead atoms. The van der Waals surface area contributed by atoms with E-state index in [2.05, 4.69) is 5.32 Å². The van der Waals surface area contributed by atoms with Crippen molar-refractivity contribution in [1.82, 2.24) is 0 Å². The van der Waals surface area contributed by atoms with Gasteiger partial charge >= 0.3 is 0 Å². The van der Waals surface area contributed by atoms with Crippen LogP contribution in [0.4, 0.5) is 17.1 Å². The number of hydrogen-bond acceptors (Lipinski definition) is 5. The molecule has 3 aromatic carbocycles. The van der Waals surface area contributed by atoms with E-state index in [1.54, 1.807) is 25.1 Å². The van der Waals surface area contributed by atoms with Gasteiger partial charge in [-0.15, -0.1) is 0 Å². The maximum atomic E-state index is 12.6. The predicted molar refractivity (Wildman–Crippen MR) is 120 cm³/mol. The van der Waals surface area contributed by atoms with Crippen LogP contribution < -0.4 is 9.62 Å². The van der Waals surface area contributed by atoms with Crippen LogP contribution in [-0.4, -0.2) is 25.5 Å². The molecule has 0 unspecified atom stereocenters. The van der Waals surface area contributed by atoms with Crippen LogP contribution >= 0.6 is 0 Å². The minimum Gasteiger partial charge on any atom is -0.321 e. The second kappa shape index (κ2) is 8.97. The molecule has 3 aromatic rings. The highest BCUT2D eigenvalue weighted by Gasteiger charge is 2.19. The van der Waals surface area contributed by atoms with Crippen molar-refractivity contribution in [2.75, 3.05) is 15.9 Å². The first-order valence-electron chi connectivity index (χ1n) is 9.34. The van der Waals surface area contributed by atoms with E-state index in [4.69, 9.17) is 0 Å². The molecule has 0 aliphatic carbocycles. The summed E-state index contributed by atoms with van der Waals surface area (Å²) in [5.74, 6) is -0.455. The average Bonchev–Trinajstić information content (AvgIpc) is 2.73. The van der Waals surface area contributed by atoms with E-state index in [0.29, 0.717) is 22.5 Å². The Morgan fingerprint density at radius 2 is 1.65 bits per heavy atom. The van der Waals surface area contributed by atoms with Crippen LogP contribution in [0, 0.1) is 17.0 Å². The Bertz CT molecular complexity index is 1210. The number of carbonyl (C=O) groups is 1. The van der Waals surface area contributed by atoms with Crippen LogP contribution in [-0.2, 0) is 16.6 Å². The van der Waals surface area contributed by atoms with Crippen molar-refractivity contribution < 1.29 is 18.1 Å². The van der Waals surface area contributed by atoms with Crippen molar-refractivity contribution in [3.63, 3.8) is 0 Å². The fraction of sp³-hybridized carbons (Fsp3) is 0.136. The monoisotopic (exact) mass is 439 g/mol. The van der Waals surface area contributed by atoms with Gasteiger partial charge in [-0.25, -0.2) is 8.42 Å². The zero-order valence-electron chi connectivity index (χ0n) is 17.0. The highest BCUT2D eigenvalue weighted by atomic mass is 32.2. The number of rotatable bonds is 7. The largest absolute Gasteiger partial charge is 0.321 e. The number of carbonyl (C=O) groups excluding carboxylic acids is 1.